The number of alkyl halides is 1. The lowest BCUT2D eigenvalue weighted by atomic mass is 10.1. The van der Waals surface area contributed by atoms with E-state index in [2.05, 4.69) is 27.6 Å². The summed E-state index contributed by atoms with van der Waals surface area (Å²) in [7, 11) is 0. The maximum Gasteiger partial charge on any atom is 0.320 e. The number of hydrogen-bond donors (Lipinski definition) is 1. The number of benzene rings is 2. The molecule has 1 aromatic heterocycles. The van der Waals surface area contributed by atoms with Crippen molar-refractivity contribution in [2.45, 2.75) is 6.42 Å². The van der Waals surface area contributed by atoms with Gasteiger partial charge in [-0.15, -0.1) is 16.7 Å². The summed E-state index contributed by atoms with van der Waals surface area (Å²) in [6.07, 6.45) is 0.573. The topological polar surface area (TPSA) is 51.0 Å². The minimum Gasteiger partial charge on any atom is -0.408 e. The van der Waals surface area contributed by atoms with Crippen LogP contribution in [0.2, 0.25) is 0 Å². The minimum atomic E-state index is 0.377. The van der Waals surface area contributed by atoms with Crippen LogP contribution in [0, 0.1) is 0 Å². The van der Waals surface area contributed by atoms with Crippen LogP contribution in [0.3, 0.4) is 0 Å². The van der Waals surface area contributed by atoms with Crippen molar-refractivity contribution in [2.24, 2.45) is 0 Å². The molecule has 0 aliphatic carbocycles. The molecule has 106 valence electrons. The third-order valence-electron chi connectivity index (χ3n) is 3.02. The van der Waals surface area contributed by atoms with Crippen molar-refractivity contribution < 1.29 is 4.42 Å². The molecule has 0 saturated heterocycles. The number of aromatic nitrogens is 2. The zero-order valence-electron chi connectivity index (χ0n) is 11.3. The van der Waals surface area contributed by atoms with E-state index >= 15 is 0 Å². The van der Waals surface area contributed by atoms with Crippen molar-refractivity contribution in [2.75, 3.05) is 11.2 Å². The van der Waals surface area contributed by atoms with E-state index in [-0.39, 0.29) is 0 Å². The number of halogens is 1. The van der Waals surface area contributed by atoms with Crippen molar-refractivity contribution in [3.8, 4) is 11.1 Å². The third-order valence-corrected chi connectivity index (χ3v) is 3.21. The molecule has 0 unspecified atom stereocenters. The molecule has 0 atom stereocenters. The Bertz CT molecular complexity index is 695. The highest BCUT2D eigenvalue weighted by molar-refractivity contribution is 6.17. The fraction of sp³-hybridized carbons (Fsp3) is 0.125. The largest absolute Gasteiger partial charge is 0.408 e. The first-order valence-electron chi connectivity index (χ1n) is 6.66. The minimum absolute atomic E-state index is 0.377. The fourth-order valence-electron chi connectivity index (χ4n) is 1.99. The second-order valence-corrected chi connectivity index (χ2v) is 4.89. The number of hydrogen-bond acceptors (Lipinski definition) is 4. The van der Waals surface area contributed by atoms with Gasteiger partial charge in [-0.3, -0.25) is 0 Å². The highest BCUT2D eigenvalue weighted by Gasteiger charge is 2.05. The molecule has 0 aliphatic rings. The molecule has 0 saturated carbocycles. The predicted molar refractivity (Wildman–Crippen MR) is 83.9 cm³/mol. The first kappa shape index (κ1) is 13.6. The van der Waals surface area contributed by atoms with Crippen LogP contribution in [0.25, 0.3) is 11.1 Å². The Labute approximate surface area is 127 Å². The molecule has 3 aromatic rings. The fourth-order valence-corrected chi connectivity index (χ4v) is 2.15. The lowest BCUT2D eigenvalue weighted by Gasteiger charge is -2.04. The van der Waals surface area contributed by atoms with E-state index < -0.39 is 0 Å². The van der Waals surface area contributed by atoms with Crippen LogP contribution < -0.4 is 5.32 Å². The van der Waals surface area contributed by atoms with E-state index in [0.717, 1.165) is 11.3 Å². The van der Waals surface area contributed by atoms with Crippen LogP contribution in [-0.2, 0) is 6.42 Å². The molecule has 0 aliphatic heterocycles. The maximum absolute atomic E-state index is 5.63. The molecule has 0 fully saturated rings. The smallest absolute Gasteiger partial charge is 0.320 e. The molecule has 2 aromatic carbocycles. The first-order valence-corrected chi connectivity index (χ1v) is 7.19. The van der Waals surface area contributed by atoms with Gasteiger partial charge in [0.2, 0.25) is 5.89 Å². The van der Waals surface area contributed by atoms with Crippen molar-refractivity contribution in [3.05, 3.63) is 60.5 Å². The van der Waals surface area contributed by atoms with Crippen LogP contribution in [0.1, 0.15) is 5.89 Å². The highest BCUT2D eigenvalue weighted by atomic mass is 35.5. The van der Waals surface area contributed by atoms with Crippen LogP contribution in [0.4, 0.5) is 11.7 Å². The van der Waals surface area contributed by atoms with E-state index in [1.165, 1.54) is 5.56 Å². The molecular formula is C16H14ClN3O. The van der Waals surface area contributed by atoms with E-state index in [4.69, 9.17) is 16.0 Å². The summed E-state index contributed by atoms with van der Waals surface area (Å²) >= 11 is 5.63. The molecule has 21 heavy (non-hydrogen) atoms. The molecule has 0 spiro atoms. The van der Waals surface area contributed by atoms with Crippen molar-refractivity contribution in [1.82, 2.24) is 10.2 Å². The van der Waals surface area contributed by atoms with Gasteiger partial charge in [-0.1, -0.05) is 47.6 Å². The molecule has 3 rings (SSSR count). The van der Waals surface area contributed by atoms with E-state index in [1.54, 1.807) is 0 Å². The number of anilines is 2. The Balaban J connectivity index is 1.72. The van der Waals surface area contributed by atoms with E-state index in [0.29, 0.717) is 24.2 Å². The van der Waals surface area contributed by atoms with Crippen molar-refractivity contribution >= 4 is 23.3 Å². The average molecular weight is 300 g/mol. The molecule has 0 amide bonds. The second-order valence-electron chi connectivity index (χ2n) is 4.51. The Hall–Kier alpha value is -2.33. The van der Waals surface area contributed by atoms with Gasteiger partial charge in [-0.05, 0) is 23.3 Å². The van der Waals surface area contributed by atoms with Gasteiger partial charge in [0.15, 0.2) is 0 Å². The Morgan fingerprint density at radius 2 is 1.62 bits per heavy atom. The summed E-state index contributed by atoms with van der Waals surface area (Å²) in [4.78, 5) is 0. The van der Waals surface area contributed by atoms with Gasteiger partial charge >= 0.3 is 6.01 Å². The zero-order valence-corrected chi connectivity index (χ0v) is 12.0. The van der Waals surface area contributed by atoms with E-state index in [1.807, 2.05) is 42.5 Å². The van der Waals surface area contributed by atoms with Gasteiger partial charge in [0.1, 0.15) is 0 Å². The molecule has 1 heterocycles. The monoisotopic (exact) mass is 299 g/mol. The van der Waals surface area contributed by atoms with Gasteiger partial charge in [-0.2, -0.15) is 0 Å². The molecule has 0 bridgehead atoms. The van der Waals surface area contributed by atoms with Crippen molar-refractivity contribution in [3.63, 3.8) is 0 Å². The average Bonchev–Trinajstić information content (AvgIpc) is 2.97. The lowest BCUT2D eigenvalue weighted by Crippen LogP contribution is -1.90. The van der Waals surface area contributed by atoms with Gasteiger partial charge < -0.3 is 9.73 Å². The van der Waals surface area contributed by atoms with Crippen LogP contribution in [0.5, 0.6) is 0 Å². The standard InChI is InChI=1S/C16H14ClN3O/c17-11-10-15-19-20-16(21-15)18-14-8-6-13(7-9-14)12-4-2-1-3-5-12/h1-9H,10-11H2,(H,18,20). The summed E-state index contributed by atoms with van der Waals surface area (Å²) in [6.45, 7) is 0. The molecule has 4 nitrogen and oxygen atoms in total. The van der Waals surface area contributed by atoms with Crippen LogP contribution >= 0.6 is 11.6 Å². The quantitative estimate of drug-likeness (QED) is 0.715. The predicted octanol–water partition coefficient (Wildman–Crippen LogP) is 4.26. The second kappa shape index (κ2) is 6.41. The van der Waals surface area contributed by atoms with Gasteiger partial charge in [-0.25, -0.2) is 0 Å². The summed E-state index contributed by atoms with van der Waals surface area (Å²) in [5.74, 6) is 1.00. The normalized spacial score (nSPS) is 10.5. The summed E-state index contributed by atoms with van der Waals surface area (Å²) in [5, 5.41) is 10.9. The van der Waals surface area contributed by atoms with Gasteiger partial charge in [0, 0.05) is 18.0 Å². The van der Waals surface area contributed by atoms with Crippen LogP contribution in [-0.4, -0.2) is 16.1 Å². The molecule has 0 radical (unpaired) electrons. The lowest BCUT2D eigenvalue weighted by molar-refractivity contribution is 0.516. The van der Waals surface area contributed by atoms with Crippen LogP contribution in [0.15, 0.2) is 59.0 Å². The number of nitrogens with zero attached hydrogens (tertiary/aromatic N) is 2. The summed E-state index contributed by atoms with van der Waals surface area (Å²) in [6, 6.07) is 18.7. The number of rotatable bonds is 5. The highest BCUT2D eigenvalue weighted by Crippen LogP contribution is 2.22. The molecule has 5 heteroatoms. The Morgan fingerprint density at radius 1 is 0.905 bits per heavy atom. The summed E-state index contributed by atoms with van der Waals surface area (Å²) < 4.78 is 5.43. The summed E-state index contributed by atoms with van der Waals surface area (Å²) in [5.41, 5.74) is 3.25. The van der Waals surface area contributed by atoms with Gasteiger partial charge in [0.05, 0.1) is 0 Å². The number of nitrogens with one attached hydrogen (secondary N) is 1. The Kier molecular flexibility index (Phi) is 4.17. The number of aryl methyl sites for hydroxylation is 1. The van der Waals surface area contributed by atoms with Gasteiger partial charge in [0.25, 0.3) is 0 Å². The Morgan fingerprint density at radius 3 is 2.33 bits per heavy atom. The maximum atomic E-state index is 5.63. The molecule has 1 N–H and O–H groups in total. The van der Waals surface area contributed by atoms with Crippen molar-refractivity contribution in [1.29, 1.82) is 0 Å². The van der Waals surface area contributed by atoms with E-state index in [9.17, 15) is 0 Å². The first-order chi connectivity index (χ1) is 10.3. The third kappa shape index (κ3) is 3.41. The zero-order chi connectivity index (χ0) is 14.5. The SMILES string of the molecule is ClCCc1nnc(Nc2ccc(-c3ccccc3)cc2)o1. The molecular weight excluding hydrogens is 286 g/mol.